The molecule has 0 aromatic heterocycles. The third-order valence-corrected chi connectivity index (χ3v) is 6.93. The first-order valence-electron chi connectivity index (χ1n) is 11.1. The van der Waals surface area contributed by atoms with Crippen molar-refractivity contribution in [3.05, 3.63) is 93.9 Å². The quantitative estimate of drug-likeness (QED) is 0.276. The van der Waals surface area contributed by atoms with Crippen molar-refractivity contribution in [3.63, 3.8) is 0 Å². The summed E-state index contributed by atoms with van der Waals surface area (Å²) in [5.74, 6) is -0.423. The van der Waals surface area contributed by atoms with Gasteiger partial charge in [-0.3, -0.25) is 14.5 Å². The molecule has 1 aliphatic rings. The fraction of sp³-hybridized carbons (Fsp3) is 0.148. The number of anilines is 2. The van der Waals surface area contributed by atoms with Gasteiger partial charge >= 0.3 is 6.18 Å². The van der Waals surface area contributed by atoms with E-state index >= 15 is 0 Å². The molecule has 5 nitrogen and oxygen atoms in total. The molecule has 0 saturated carbocycles. The highest BCUT2D eigenvalue weighted by Gasteiger charge is 2.36. The Bertz CT molecular complexity index is 1420. The van der Waals surface area contributed by atoms with Crippen molar-refractivity contribution in [2.24, 2.45) is 0 Å². The zero-order valence-corrected chi connectivity index (χ0v) is 21.4. The molecule has 1 N–H and O–H groups in total. The van der Waals surface area contributed by atoms with E-state index in [-0.39, 0.29) is 27.4 Å². The Hall–Kier alpha value is -3.63. The van der Waals surface area contributed by atoms with Crippen molar-refractivity contribution in [1.82, 2.24) is 0 Å². The number of thioether (sulfide) groups is 1. The first-order valence-corrected chi connectivity index (χ1v) is 12.3. The molecule has 1 saturated heterocycles. The molecule has 0 aliphatic carbocycles. The average Bonchev–Trinajstić information content (AvgIpc) is 3.13. The molecule has 0 bridgehead atoms. The Morgan fingerprint density at radius 3 is 2.57 bits per heavy atom. The van der Waals surface area contributed by atoms with Crippen LogP contribution in [-0.4, -0.2) is 22.7 Å². The van der Waals surface area contributed by atoms with Crippen LogP contribution in [0.4, 0.5) is 24.5 Å². The minimum atomic E-state index is -4.54. The lowest BCUT2D eigenvalue weighted by Crippen LogP contribution is -2.27. The van der Waals surface area contributed by atoms with E-state index in [0.29, 0.717) is 17.0 Å². The predicted molar refractivity (Wildman–Crippen MR) is 144 cm³/mol. The second-order valence-electron chi connectivity index (χ2n) is 8.22. The van der Waals surface area contributed by atoms with Gasteiger partial charge in [0.25, 0.3) is 11.8 Å². The van der Waals surface area contributed by atoms with E-state index in [9.17, 15) is 22.8 Å². The summed E-state index contributed by atoms with van der Waals surface area (Å²) in [5, 5.41) is 2.82. The molecule has 3 aromatic rings. The number of aryl methyl sites for hydroxylation is 1. The summed E-state index contributed by atoms with van der Waals surface area (Å²) in [6.45, 7) is 3.67. The number of carbonyl (C=O) groups is 2. The minimum absolute atomic E-state index is 0.0488. The zero-order valence-electron chi connectivity index (χ0n) is 19.8. The van der Waals surface area contributed by atoms with Gasteiger partial charge in [-0.1, -0.05) is 54.3 Å². The van der Waals surface area contributed by atoms with E-state index in [1.165, 1.54) is 12.1 Å². The number of nitrogens with zero attached hydrogens (tertiary/aromatic N) is 1. The third kappa shape index (κ3) is 6.20. The number of benzene rings is 3. The Morgan fingerprint density at radius 2 is 1.81 bits per heavy atom. The molecule has 0 atom stereocenters. The van der Waals surface area contributed by atoms with E-state index < -0.39 is 17.6 Å². The minimum Gasteiger partial charge on any atom is -0.484 e. The highest BCUT2D eigenvalue weighted by Crippen LogP contribution is 2.38. The van der Waals surface area contributed by atoms with Gasteiger partial charge in [0.15, 0.2) is 10.9 Å². The maximum absolute atomic E-state index is 13.1. The molecular weight excluding hydrogens is 521 g/mol. The van der Waals surface area contributed by atoms with Gasteiger partial charge in [0.1, 0.15) is 5.75 Å². The van der Waals surface area contributed by atoms with Crippen LogP contribution in [0.5, 0.6) is 5.75 Å². The maximum atomic E-state index is 13.1. The number of rotatable bonds is 6. The highest BCUT2D eigenvalue weighted by molar-refractivity contribution is 8.27. The van der Waals surface area contributed by atoms with Crippen LogP contribution in [0.2, 0.25) is 0 Å². The van der Waals surface area contributed by atoms with E-state index in [1.807, 2.05) is 32.0 Å². The Kier molecular flexibility index (Phi) is 7.70. The van der Waals surface area contributed by atoms with Crippen LogP contribution in [0.1, 0.15) is 22.3 Å². The zero-order chi connectivity index (χ0) is 26.7. The predicted octanol–water partition coefficient (Wildman–Crippen LogP) is 6.75. The van der Waals surface area contributed by atoms with Crippen molar-refractivity contribution >= 4 is 57.6 Å². The lowest BCUT2D eigenvalue weighted by atomic mass is 10.1. The van der Waals surface area contributed by atoms with Gasteiger partial charge in [-0.25, -0.2) is 0 Å². The summed E-state index contributed by atoms with van der Waals surface area (Å²) in [7, 11) is 0. The molecular formula is C27H21F3N2O3S2. The summed E-state index contributed by atoms with van der Waals surface area (Å²) in [6.07, 6.45) is -2.96. The standard InChI is InChI=1S/C27H21F3N2O3S2/c1-16-6-3-11-22(17(16)2)31-24(33)15-35-21-10-4-7-18(12-21)13-23-25(34)32(26(36)37-23)20-9-5-8-19(14-20)27(28,29)30/h3-14H,15H2,1-2H3,(H,31,33)/b23-13-. The van der Waals surface area contributed by atoms with Crippen molar-refractivity contribution < 1.29 is 27.5 Å². The number of nitrogens with one attached hydrogen (secondary N) is 1. The van der Waals surface area contributed by atoms with Gasteiger partial charge in [-0.05, 0) is 73.0 Å². The van der Waals surface area contributed by atoms with Gasteiger partial charge in [-0.15, -0.1) is 0 Å². The first-order chi connectivity index (χ1) is 17.5. The van der Waals surface area contributed by atoms with Gasteiger partial charge in [-0.2, -0.15) is 13.2 Å². The van der Waals surface area contributed by atoms with Crippen LogP contribution in [-0.2, 0) is 15.8 Å². The Balaban J connectivity index is 1.45. The molecule has 2 amide bonds. The maximum Gasteiger partial charge on any atom is 0.416 e. The molecule has 1 heterocycles. The van der Waals surface area contributed by atoms with Crippen molar-refractivity contribution in [1.29, 1.82) is 0 Å². The molecule has 1 aliphatic heterocycles. The van der Waals surface area contributed by atoms with Crippen LogP contribution in [0.15, 0.2) is 71.6 Å². The number of hydrogen-bond acceptors (Lipinski definition) is 5. The van der Waals surface area contributed by atoms with E-state index in [0.717, 1.165) is 39.9 Å². The Labute approximate surface area is 221 Å². The number of ether oxygens (including phenoxy) is 1. The first kappa shape index (κ1) is 26.4. The molecule has 0 unspecified atom stereocenters. The van der Waals surface area contributed by atoms with Crippen LogP contribution < -0.4 is 15.0 Å². The SMILES string of the molecule is Cc1cccc(NC(=O)COc2cccc(/C=C3\SC(=S)N(c4cccc(C(F)(F)F)c4)C3=O)c2)c1C. The molecule has 0 spiro atoms. The lowest BCUT2D eigenvalue weighted by Gasteiger charge is -2.16. The summed E-state index contributed by atoms with van der Waals surface area (Å²) in [4.78, 5) is 26.7. The van der Waals surface area contributed by atoms with Crippen LogP contribution in [0, 0.1) is 13.8 Å². The smallest absolute Gasteiger partial charge is 0.416 e. The summed E-state index contributed by atoms with van der Waals surface area (Å²) < 4.78 is 45.1. The Morgan fingerprint density at radius 1 is 1.08 bits per heavy atom. The number of thiocarbonyl (C=S) groups is 1. The van der Waals surface area contributed by atoms with Gasteiger partial charge in [0.05, 0.1) is 16.2 Å². The summed E-state index contributed by atoms with van der Waals surface area (Å²) in [6, 6.07) is 16.9. The van der Waals surface area contributed by atoms with Crippen molar-refractivity contribution in [2.45, 2.75) is 20.0 Å². The topological polar surface area (TPSA) is 58.6 Å². The van der Waals surface area contributed by atoms with Crippen LogP contribution in [0.3, 0.4) is 0 Å². The molecule has 37 heavy (non-hydrogen) atoms. The number of carbonyl (C=O) groups excluding carboxylic acids is 2. The molecule has 190 valence electrons. The average molecular weight is 543 g/mol. The number of alkyl halides is 3. The van der Waals surface area contributed by atoms with E-state index in [2.05, 4.69) is 5.32 Å². The summed E-state index contributed by atoms with van der Waals surface area (Å²) >= 11 is 6.27. The molecule has 3 aromatic carbocycles. The number of hydrogen-bond donors (Lipinski definition) is 1. The summed E-state index contributed by atoms with van der Waals surface area (Å²) in [5.41, 5.74) is 2.54. The fourth-order valence-corrected chi connectivity index (χ4v) is 4.88. The fourth-order valence-electron chi connectivity index (χ4n) is 3.58. The van der Waals surface area contributed by atoms with E-state index in [1.54, 1.807) is 30.3 Å². The van der Waals surface area contributed by atoms with Crippen LogP contribution in [0.25, 0.3) is 6.08 Å². The molecule has 4 rings (SSSR count). The number of halogens is 3. The third-order valence-electron chi connectivity index (χ3n) is 5.63. The van der Waals surface area contributed by atoms with Gasteiger partial charge in [0.2, 0.25) is 0 Å². The highest BCUT2D eigenvalue weighted by atomic mass is 32.2. The second kappa shape index (κ2) is 10.8. The second-order valence-corrected chi connectivity index (χ2v) is 9.90. The van der Waals surface area contributed by atoms with E-state index in [4.69, 9.17) is 17.0 Å². The van der Waals surface area contributed by atoms with Gasteiger partial charge in [0, 0.05) is 5.69 Å². The monoisotopic (exact) mass is 542 g/mol. The molecule has 1 fully saturated rings. The van der Waals surface area contributed by atoms with Crippen molar-refractivity contribution in [2.75, 3.05) is 16.8 Å². The molecule has 10 heteroatoms. The van der Waals surface area contributed by atoms with Crippen LogP contribution >= 0.6 is 24.0 Å². The normalized spacial score (nSPS) is 14.8. The lowest BCUT2D eigenvalue weighted by molar-refractivity contribution is -0.137. The number of amides is 2. The largest absolute Gasteiger partial charge is 0.484 e. The molecule has 0 radical (unpaired) electrons. The van der Waals surface area contributed by atoms with Gasteiger partial charge < -0.3 is 10.1 Å². The van der Waals surface area contributed by atoms with Crippen molar-refractivity contribution in [3.8, 4) is 5.75 Å².